The van der Waals surface area contributed by atoms with E-state index < -0.39 is 83.7 Å². The molecule has 0 spiro atoms. The van der Waals surface area contributed by atoms with Crippen molar-refractivity contribution in [1.29, 1.82) is 0 Å². The number of carboxylic acids is 1. The van der Waals surface area contributed by atoms with Crippen LogP contribution in [0.2, 0.25) is 0 Å². The third-order valence-corrected chi connectivity index (χ3v) is 11.0. The number of hydrogen-bond acceptors (Lipinski definition) is 12. The molecule has 0 aromatic heterocycles. The number of nitrogens with two attached hydrogens (primary N) is 7. The monoisotopic (exact) mass is 910 g/mol. The molecule has 0 radical (unpaired) electrons. The number of amides is 6. The molecule has 1 aliphatic heterocycles. The van der Waals surface area contributed by atoms with Crippen molar-refractivity contribution < 1.29 is 38.7 Å². The number of nitrogens with one attached hydrogen (secondary N) is 5. The zero-order valence-electron chi connectivity index (χ0n) is 38.3. The van der Waals surface area contributed by atoms with Gasteiger partial charge in [0.25, 0.3) is 0 Å². The molecule has 0 aliphatic carbocycles. The lowest BCUT2D eigenvalue weighted by atomic mass is 9.96. The zero-order valence-corrected chi connectivity index (χ0v) is 38.3. The number of nitrogens with zero attached hydrogens (tertiary/aromatic N) is 3. The number of carbonyl (C=O) groups is 7. The minimum absolute atomic E-state index is 0.0741. The maximum atomic E-state index is 14.4. The number of likely N-dealkylation sites (tertiary alicyclic amines) is 1. The molecule has 0 saturated carbocycles. The first-order chi connectivity index (χ1) is 30.3. The highest BCUT2D eigenvalue weighted by Crippen LogP contribution is 2.21. The van der Waals surface area contributed by atoms with Crippen LogP contribution in [0.15, 0.2) is 9.98 Å². The number of carboxylic acid groups (broad SMARTS) is 1. The molecule has 1 fully saturated rings. The lowest BCUT2D eigenvalue weighted by Gasteiger charge is -2.32. The molecule has 0 aromatic rings. The van der Waals surface area contributed by atoms with Crippen molar-refractivity contribution in [3.8, 4) is 0 Å². The van der Waals surface area contributed by atoms with E-state index in [1.54, 1.807) is 6.92 Å². The lowest BCUT2D eigenvalue weighted by Crippen LogP contribution is -2.60. The second-order valence-electron chi connectivity index (χ2n) is 16.8. The Hall–Kier alpha value is -5.29. The number of rotatable bonds is 32. The first kappa shape index (κ1) is 56.7. The fraction of sp³-hybridized carbons (Fsp3) is 0.780. The lowest BCUT2D eigenvalue weighted by molar-refractivity contribution is -0.143. The van der Waals surface area contributed by atoms with E-state index in [4.69, 9.17) is 40.1 Å². The minimum atomic E-state index is -1.21. The number of guanidine groups is 2. The van der Waals surface area contributed by atoms with Crippen LogP contribution in [0.1, 0.15) is 118 Å². The van der Waals surface area contributed by atoms with Crippen LogP contribution in [0, 0.1) is 11.8 Å². The summed E-state index contributed by atoms with van der Waals surface area (Å²) in [5.74, 6) is -5.59. The predicted octanol–water partition coefficient (Wildman–Crippen LogP) is -2.73. The van der Waals surface area contributed by atoms with E-state index in [1.807, 2.05) is 20.8 Å². The number of hydrogen-bond donors (Lipinski definition) is 13. The molecule has 0 bridgehead atoms. The molecule has 23 nitrogen and oxygen atoms in total. The summed E-state index contributed by atoms with van der Waals surface area (Å²) < 4.78 is 0. The van der Waals surface area contributed by atoms with Crippen molar-refractivity contribution in [2.24, 2.45) is 62.0 Å². The minimum Gasteiger partial charge on any atom is -0.480 e. The van der Waals surface area contributed by atoms with Crippen LogP contribution in [-0.2, 0) is 33.6 Å². The van der Waals surface area contributed by atoms with Gasteiger partial charge in [-0.1, -0.05) is 34.1 Å². The van der Waals surface area contributed by atoms with E-state index >= 15 is 0 Å². The van der Waals surface area contributed by atoms with Gasteiger partial charge in [0.05, 0.1) is 6.04 Å². The highest BCUT2D eigenvalue weighted by molar-refractivity contribution is 5.97. The van der Waals surface area contributed by atoms with Gasteiger partial charge >= 0.3 is 5.97 Å². The first-order valence-corrected chi connectivity index (χ1v) is 22.6. The van der Waals surface area contributed by atoms with Crippen molar-refractivity contribution >= 4 is 53.3 Å². The predicted molar refractivity (Wildman–Crippen MR) is 245 cm³/mol. The molecule has 0 unspecified atom stereocenters. The Labute approximate surface area is 377 Å². The summed E-state index contributed by atoms with van der Waals surface area (Å²) in [7, 11) is 0. The van der Waals surface area contributed by atoms with E-state index in [-0.39, 0.29) is 88.3 Å². The third-order valence-electron chi connectivity index (χ3n) is 11.0. The Kier molecular flexibility index (Phi) is 27.2. The molecule has 23 heteroatoms. The summed E-state index contributed by atoms with van der Waals surface area (Å²) in [6.07, 6.45) is 4.77. The summed E-state index contributed by atoms with van der Waals surface area (Å²) >= 11 is 0. The maximum Gasteiger partial charge on any atom is 0.326 e. The van der Waals surface area contributed by atoms with Crippen LogP contribution < -0.4 is 66.7 Å². The molecule has 1 heterocycles. The van der Waals surface area contributed by atoms with Crippen LogP contribution in [0.25, 0.3) is 0 Å². The van der Waals surface area contributed by atoms with Crippen molar-refractivity contribution in [3.63, 3.8) is 0 Å². The van der Waals surface area contributed by atoms with E-state index in [0.717, 1.165) is 0 Å². The average molecular weight is 910 g/mol. The largest absolute Gasteiger partial charge is 0.480 e. The number of aliphatic imine (C=N–C) groups is 2. The molecular formula is C41H79N15O8. The molecule has 64 heavy (non-hydrogen) atoms. The van der Waals surface area contributed by atoms with E-state index in [1.165, 1.54) is 4.90 Å². The van der Waals surface area contributed by atoms with Gasteiger partial charge in [-0.25, -0.2) is 4.79 Å². The summed E-state index contributed by atoms with van der Waals surface area (Å²) in [6.45, 7) is 8.62. The van der Waals surface area contributed by atoms with Crippen LogP contribution >= 0.6 is 0 Å². The summed E-state index contributed by atoms with van der Waals surface area (Å²) in [5.41, 5.74) is 39.2. The maximum absolute atomic E-state index is 14.4. The van der Waals surface area contributed by atoms with Crippen LogP contribution in [-0.4, -0.2) is 138 Å². The van der Waals surface area contributed by atoms with Gasteiger partial charge in [0.1, 0.15) is 36.3 Å². The van der Waals surface area contributed by atoms with Gasteiger partial charge in [0.15, 0.2) is 11.9 Å². The number of carbonyl (C=O) groups excluding carboxylic acids is 6. The molecule has 20 N–H and O–H groups in total. The van der Waals surface area contributed by atoms with Gasteiger partial charge < -0.3 is 76.7 Å². The molecule has 8 atom stereocenters. The first-order valence-electron chi connectivity index (χ1n) is 22.6. The Bertz CT molecular complexity index is 1560. The summed E-state index contributed by atoms with van der Waals surface area (Å²) in [4.78, 5) is 104. The second-order valence-corrected chi connectivity index (χ2v) is 16.8. The number of aliphatic carboxylic acids is 1. The third kappa shape index (κ3) is 21.4. The molecule has 1 aliphatic rings. The van der Waals surface area contributed by atoms with Crippen molar-refractivity contribution in [2.45, 2.75) is 160 Å². The van der Waals surface area contributed by atoms with Crippen molar-refractivity contribution in [1.82, 2.24) is 31.5 Å². The topological polar surface area (TPSA) is 410 Å². The van der Waals surface area contributed by atoms with E-state index in [0.29, 0.717) is 58.0 Å². The fourth-order valence-electron chi connectivity index (χ4n) is 7.17. The van der Waals surface area contributed by atoms with Gasteiger partial charge in [-0.15, -0.1) is 0 Å². The molecule has 1 saturated heterocycles. The van der Waals surface area contributed by atoms with Gasteiger partial charge in [0.2, 0.25) is 35.4 Å². The van der Waals surface area contributed by atoms with E-state index in [2.05, 4.69) is 36.6 Å². The Balaban J connectivity index is 3.36. The number of unbranched alkanes of at least 4 members (excludes halogenated alkanes) is 2. The van der Waals surface area contributed by atoms with Crippen LogP contribution in [0.3, 0.4) is 0 Å². The smallest absolute Gasteiger partial charge is 0.326 e. The quantitative estimate of drug-likeness (QED) is 0.0185. The van der Waals surface area contributed by atoms with Gasteiger partial charge in [-0.2, -0.15) is 0 Å². The Morgan fingerprint density at radius 3 is 1.70 bits per heavy atom. The SMILES string of the molecule is CC[C@H](C)[C@H](NC(=O)[C@@H](N)CCCN=C(N)N)C(=O)N[C@@H](CCCN=C(N)N)C(=O)N1CCC[C@H]1C(=O)N[C@@H](CCCCN)C(=O)N[C@@H](CC(C)C)C(=O)N[C@@H](CCCCN)C(=O)O. The summed E-state index contributed by atoms with van der Waals surface area (Å²) in [6, 6.07) is -7.63. The van der Waals surface area contributed by atoms with Crippen molar-refractivity contribution in [2.75, 3.05) is 32.7 Å². The van der Waals surface area contributed by atoms with Crippen LogP contribution in [0.5, 0.6) is 0 Å². The Morgan fingerprint density at radius 1 is 0.656 bits per heavy atom. The highest BCUT2D eigenvalue weighted by Gasteiger charge is 2.40. The van der Waals surface area contributed by atoms with Gasteiger partial charge in [-0.05, 0) is 108 Å². The standard InChI is InChI=1S/C41H79N15O8/c1-5-25(4)32(55-33(57)26(44)13-10-20-49-40(45)46)37(61)52-28(16-11-21-50-41(47)48)38(62)56-22-12-17-31(56)36(60)51-27(14-6-8-18-42)34(58)54-30(23-24(2)3)35(59)53-29(39(63)64)15-7-9-19-43/h24-32H,5-23,42-44H2,1-4H3,(H,51,60)(H,52,61)(H,53,59)(H,54,58)(H,55,57)(H,63,64)(H4,45,46,49)(H4,47,48,50)/t25-,26-,27-,28-,29-,30-,31-,32-/m0/s1. The molecular weight excluding hydrogens is 831 g/mol. The second kappa shape index (κ2) is 30.7. The molecule has 366 valence electrons. The molecule has 6 amide bonds. The molecule has 0 aromatic carbocycles. The van der Waals surface area contributed by atoms with E-state index in [9.17, 15) is 38.7 Å². The molecule has 1 rings (SSSR count). The van der Waals surface area contributed by atoms with Gasteiger partial charge in [-0.3, -0.25) is 38.8 Å². The summed E-state index contributed by atoms with van der Waals surface area (Å²) in [5, 5.41) is 23.4. The van der Waals surface area contributed by atoms with Gasteiger partial charge in [0, 0.05) is 19.6 Å². The average Bonchev–Trinajstić information content (AvgIpc) is 3.73. The van der Waals surface area contributed by atoms with Crippen molar-refractivity contribution in [3.05, 3.63) is 0 Å². The van der Waals surface area contributed by atoms with Crippen LogP contribution in [0.4, 0.5) is 0 Å². The highest BCUT2D eigenvalue weighted by atomic mass is 16.4. The normalized spacial score (nSPS) is 16.8. The fourth-order valence-corrected chi connectivity index (χ4v) is 7.17. The zero-order chi connectivity index (χ0) is 48.4. The Morgan fingerprint density at radius 2 is 1.17 bits per heavy atom.